The van der Waals surface area contributed by atoms with E-state index in [4.69, 9.17) is 9.94 Å². The Kier molecular flexibility index (Phi) is 6.93. The highest BCUT2D eigenvalue weighted by molar-refractivity contribution is 7.80. The lowest BCUT2D eigenvalue weighted by atomic mass is 10.2. The molecule has 0 aliphatic rings. The molecule has 2 rings (SSSR count). The van der Waals surface area contributed by atoms with Crippen molar-refractivity contribution in [2.75, 3.05) is 5.75 Å². The molecular formula is C17H20N2O3S. The number of rotatable bonds is 8. The zero-order valence-electron chi connectivity index (χ0n) is 12.6. The van der Waals surface area contributed by atoms with E-state index >= 15 is 0 Å². The Labute approximate surface area is 141 Å². The van der Waals surface area contributed by atoms with Gasteiger partial charge in [0.2, 0.25) is 0 Å². The Morgan fingerprint density at radius 1 is 1.09 bits per heavy atom. The first kappa shape index (κ1) is 17.3. The van der Waals surface area contributed by atoms with Gasteiger partial charge in [0.15, 0.2) is 0 Å². The average Bonchev–Trinajstić information content (AvgIpc) is 2.62. The number of nitrogens with one attached hydrogen (secondary N) is 2. The van der Waals surface area contributed by atoms with Crippen molar-refractivity contribution in [1.29, 1.82) is 0 Å². The summed E-state index contributed by atoms with van der Waals surface area (Å²) in [4.78, 5) is 11.3. The Balaban J connectivity index is 1.83. The lowest BCUT2D eigenvalue weighted by Gasteiger charge is -2.14. The molecule has 0 saturated carbocycles. The molecule has 0 aliphatic carbocycles. The molecule has 0 aromatic heterocycles. The molecule has 23 heavy (non-hydrogen) atoms. The van der Waals surface area contributed by atoms with Crippen molar-refractivity contribution in [3.8, 4) is 5.75 Å². The lowest BCUT2D eigenvalue weighted by molar-refractivity contribution is -0.130. The van der Waals surface area contributed by atoms with E-state index in [-0.39, 0.29) is 0 Å². The lowest BCUT2D eigenvalue weighted by Crippen LogP contribution is -2.44. The second-order valence-electron chi connectivity index (χ2n) is 5.01. The van der Waals surface area contributed by atoms with Gasteiger partial charge in [-0.2, -0.15) is 12.6 Å². The standard InChI is InChI=1S/C17H20N2O3S/c20-17(19-21)16(12-23)18-10-13-6-8-15(9-7-13)22-11-14-4-2-1-3-5-14/h1-9,16,18,21,23H,10-12H2,(H,19,20)/t16-/m0/s1. The summed E-state index contributed by atoms with van der Waals surface area (Å²) in [5.74, 6) is 0.587. The molecule has 0 heterocycles. The van der Waals surface area contributed by atoms with Gasteiger partial charge < -0.3 is 10.1 Å². The second kappa shape index (κ2) is 9.19. The van der Waals surface area contributed by atoms with E-state index in [0.29, 0.717) is 18.9 Å². The quantitative estimate of drug-likeness (QED) is 0.340. The van der Waals surface area contributed by atoms with Crippen LogP contribution in [0.5, 0.6) is 5.75 Å². The summed E-state index contributed by atoms with van der Waals surface area (Å²) in [6.07, 6.45) is 0. The number of carbonyl (C=O) groups is 1. The first-order chi connectivity index (χ1) is 11.2. The van der Waals surface area contributed by atoms with Crippen molar-refractivity contribution < 1.29 is 14.7 Å². The Hall–Kier alpha value is -2.02. The maximum absolute atomic E-state index is 11.3. The van der Waals surface area contributed by atoms with E-state index in [9.17, 15) is 4.79 Å². The molecule has 0 saturated heterocycles. The molecule has 3 N–H and O–H groups in total. The Morgan fingerprint density at radius 2 is 1.78 bits per heavy atom. The van der Waals surface area contributed by atoms with Crippen LogP contribution in [0.1, 0.15) is 11.1 Å². The number of amides is 1. The summed E-state index contributed by atoms with van der Waals surface area (Å²) in [5.41, 5.74) is 3.75. The minimum absolute atomic E-state index is 0.296. The van der Waals surface area contributed by atoms with Crippen LogP contribution >= 0.6 is 12.6 Å². The van der Waals surface area contributed by atoms with Crippen molar-refractivity contribution in [3.63, 3.8) is 0 Å². The van der Waals surface area contributed by atoms with Gasteiger partial charge in [-0.05, 0) is 23.3 Å². The highest BCUT2D eigenvalue weighted by Crippen LogP contribution is 2.14. The van der Waals surface area contributed by atoms with Crippen molar-refractivity contribution in [2.24, 2.45) is 0 Å². The largest absolute Gasteiger partial charge is 0.489 e. The van der Waals surface area contributed by atoms with Gasteiger partial charge in [0, 0.05) is 12.3 Å². The second-order valence-corrected chi connectivity index (χ2v) is 5.38. The molecule has 0 unspecified atom stereocenters. The van der Waals surface area contributed by atoms with Crippen LogP contribution in [-0.4, -0.2) is 22.9 Å². The van der Waals surface area contributed by atoms with Gasteiger partial charge >= 0.3 is 0 Å². The molecule has 2 aromatic rings. The zero-order valence-corrected chi connectivity index (χ0v) is 13.5. The van der Waals surface area contributed by atoms with Gasteiger partial charge in [-0.15, -0.1) is 0 Å². The summed E-state index contributed by atoms with van der Waals surface area (Å²) in [6, 6.07) is 17.1. The fourth-order valence-corrected chi connectivity index (χ4v) is 2.30. The molecule has 0 spiro atoms. The molecule has 0 aliphatic heterocycles. The Bertz CT molecular complexity index is 605. The van der Waals surface area contributed by atoms with Gasteiger partial charge in [0.05, 0.1) is 6.04 Å². The van der Waals surface area contributed by atoms with E-state index in [1.807, 2.05) is 54.6 Å². The number of hydrogen-bond acceptors (Lipinski definition) is 5. The van der Waals surface area contributed by atoms with Crippen LogP contribution in [0.25, 0.3) is 0 Å². The number of hydrogen-bond donors (Lipinski definition) is 4. The summed E-state index contributed by atoms with van der Waals surface area (Å²) in [6.45, 7) is 1.02. The van der Waals surface area contributed by atoms with Crippen molar-refractivity contribution in [3.05, 3.63) is 65.7 Å². The van der Waals surface area contributed by atoms with Crippen LogP contribution in [-0.2, 0) is 17.9 Å². The normalized spacial score (nSPS) is 11.7. The third-order valence-electron chi connectivity index (χ3n) is 3.33. The molecule has 1 amide bonds. The molecule has 6 heteroatoms. The monoisotopic (exact) mass is 332 g/mol. The van der Waals surface area contributed by atoms with Crippen LogP contribution in [0.15, 0.2) is 54.6 Å². The van der Waals surface area contributed by atoms with Crippen molar-refractivity contribution in [1.82, 2.24) is 10.8 Å². The Morgan fingerprint density at radius 3 is 2.39 bits per heavy atom. The number of thiol groups is 1. The third kappa shape index (κ3) is 5.59. The van der Waals surface area contributed by atoms with Gasteiger partial charge in [-0.3, -0.25) is 10.0 Å². The SMILES string of the molecule is O=C(NO)[C@H](CS)NCc1ccc(OCc2ccccc2)cc1. The number of ether oxygens (including phenoxy) is 1. The number of benzene rings is 2. The summed E-state index contributed by atoms with van der Waals surface area (Å²) >= 11 is 4.08. The minimum Gasteiger partial charge on any atom is -0.489 e. The maximum Gasteiger partial charge on any atom is 0.261 e. The fraction of sp³-hybridized carbons (Fsp3) is 0.235. The van der Waals surface area contributed by atoms with Crippen LogP contribution in [0.2, 0.25) is 0 Å². The molecule has 0 fully saturated rings. The predicted molar refractivity (Wildman–Crippen MR) is 91.6 cm³/mol. The smallest absolute Gasteiger partial charge is 0.261 e. The summed E-state index contributed by atoms with van der Waals surface area (Å²) < 4.78 is 5.72. The topological polar surface area (TPSA) is 70.6 Å². The first-order valence-corrected chi connectivity index (χ1v) is 7.90. The van der Waals surface area contributed by atoms with Crippen LogP contribution in [0.3, 0.4) is 0 Å². The molecule has 122 valence electrons. The van der Waals surface area contributed by atoms with Crippen molar-refractivity contribution >= 4 is 18.5 Å². The number of carbonyl (C=O) groups excluding carboxylic acids is 1. The van der Waals surface area contributed by atoms with E-state index in [2.05, 4.69) is 17.9 Å². The van der Waals surface area contributed by atoms with Gasteiger partial charge in [0.25, 0.3) is 5.91 Å². The fourth-order valence-electron chi connectivity index (χ4n) is 2.00. The van der Waals surface area contributed by atoms with Gasteiger partial charge in [-0.25, -0.2) is 5.48 Å². The van der Waals surface area contributed by atoms with Crippen LogP contribution in [0.4, 0.5) is 0 Å². The van der Waals surface area contributed by atoms with E-state index in [1.54, 1.807) is 5.48 Å². The van der Waals surface area contributed by atoms with Crippen molar-refractivity contribution in [2.45, 2.75) is 19.2 Å². The number of hydroxylamine groups is 1. The maximum atomic E-state index is 11.3. The highest BCUT2D eigenvalue weighted by Gasteiger charge is 2.14. The summed E-state index contributed by atoms with van der Waals surface area (Å²) in [5, 5.41) is 11.7. The molecule has 2 aromatic carbocycles. The first-order valence-electron chi connectivity index (χ1n) is 7.27. The molecule has 0 radical (unpaired) electrons. The zero-order chi connectivity index (χ0) is 16.5. The molecule has 5 nitrogen and oxygen atoms in total. The van der Waals surface area contributed by atoms with E-state index in [0.717, 1.165) is 16.9 Å². The van der Waals surface area contributed by atoms with Crippen LogP contribution in [0, 0.1) is 0 Å². The molecule has 1 atom stereocenters. The van der Waals surface area contributed by atoms with Crippen LogP contribution < -0.4 is 15.5 Å². The third-order valence-corrected chi connectivity index (χ3v) is 3.70. The van der Waals surface area contributed by atoms with E-state index in [1.165, 1.54) is 0 Å². The molecular weight excluding hydrogens is 312 g/mol. The highest BCUT2D eigenvalue weighted by atomic mass is 32.1. The molecule has 0 bridgehead atoms. The average molecular weight is 332 g/mol. The predicted octanol–water partition coefficient (Wildman–Crippen LogP) is 2.16. The van der Waals surface area contributed by atoms with Gasteiger partial charge in [-0.1, -0.05) is 42.5 Å². The van der Waals surface area contributed by atoms with Gasteiger partial charge in [0.1, 0.15) is 12.4 Å². The minimum atomic E-state index is -0.544. The van der Waals surface area contributed by atoms with E-state index < -0.39 is 11.9 Å². The summed E-state index contributed by atoms with van der Waals surface area (Å²) in [7, 11) is 0.